The molecule has 0 bridgehead atoms. The number of hydrogen-bond acceptors (Lipinski definition) is 4. The minimum atomic E-state index is -0.977. The molecule has 1 aromatic heterocycles. The Morgan fingerprint density at radius 2 is 2.12 bits per heavy atom. The summed E-state index contributed by atoms with van der Waals surface area (Å²) in [7, 11) is 0. The van der Waals surface area contributed by atoms with Crippen molar-refractivity contribution in [2.24, 2.45) is 0 Å². The van der Waals surface area contributed by atoms with Crippen LogP contribution in [0, 0.1) is 0 Å². The summed E-state index contributed by atoms with van der Waals surface area (Å²) >= 11 is 5.71. The van der Waals surface area contributed by atoms with Crippen LogP contribution in [0.5, 0.6) is 0 Å². The van der Waals surface area contributed by atoms with Gasteiger partial charge in [0.25, 0.3) is 0 Å². The van der Waals surface area contributed by atoms with Gasteiger partial charge in [0.05, 0.1) is 5.56 Å². The van der Waals surface area contributed by atoms with Gasteiger partial charge in [-0.1, -0.05) is 17.7 Å². The Bertz CT molecular complexity index is 560. The van der Waals surface area contributed by atoms with Crippen LogP contribution in [-0.4, -0.2) is 21.0 Å². The van der Waals surface area contributed by atoms with E-state index < -0.39 is 5.97 Å². The Balaban J connectivity index is 2.24. The number of carboxylic acid groups (broad SMARTS) is 1. The zero-order chi connectivity index (χ0) is 12.3. The van der Waals surface area contributed by atoms with E-state index in [9.17, 15) is 4.79 Å². The molecule has 5 nitrogen and oxygen atoms in total. The van der Waals surface area contributed by atoms with Crippen molar-refractivity contribution in [3.8, 4) is 0 Å². The van der Waals surface area contributed by atoms with Crippen molar-refractivity contribution in [2.75, 3.05) is 5.32 Å². The predicted molar refractivity (Wildman–Crippen MR) is 63.7 cm³/mol. The average Bonchev–Trinajstić information content (AvgIpc) is 2.29. The molecule has 1 aromatic carbocycles. The van der Waals surface area contributed by atoms with Crippen molar-refractivity contribution >= 4 is 29.1 Å². The zero-order valence-electron chi connectivity index (χ0n) is 8.59. The molecular weight excluding hydrogens is 242 g/mol. The summed E-state index contributed by atoms with van der Waals surface area (Å²) in [6.07, 6.45) is 1.33. The van der Waals surface area contributed by atoms with E-state index in [-0.39, 0.29) is 5.56 Å². The first-order valence-electron chi connectivity index (χ1n) is 4.73. The fourth-order valence-corrected chi connectivity index (χ4v) is 1.43. The smallest absolute Gasteiger partial charge is 0.335 e. The van der Waals surface area contributed by atoms with Crippen LogP contribution < -0.4 is 5.32 Å². The van der Waals surface area contributed by atoms with E-state index in [1.165, 1.54) is 18.5 Å². The van der Waals surface area contributed by atoms with Crippen LogP contribution in [0.1, 0.15) is 10.4 Å². The molecule has 0 unspecified atom stereocenters. The van der Waals surface area contributed by atoms with Crippen molar-refractivity contribution in [1.82, 2.24) is 9.97 Å². The molecule has 0 fully saturated rings. The average molecular weight is 250 g/mol. The molecule has 0 aliphatic heterocycles. The Kier molecular flexibility index (Phi) is 3.20. The first-order chi connectivity index (χ1) is 8.15. The lowest BCUT2D eigenvalue weighted by molar-refractivity contribution is 0.0697. The fourth-order valence-electron chi connectivity index (χ4n) is 1.28. The number of halogens is 1. The van der Waals surface area contributed by atoms with Crippen LogP contribution in [0.15, 0.2) is 36.7 Å². The van der Waals surface area contributed by atoms with E-state index in [1.54, 1.807) is 18.2 Å². The molecule has 0 aliphatic carbocycles. The summed E-state index contributed by atoms with van der Waals surface area (Å²) in [5.41, 5.74) is 0.829. The fraction of sp³-hybridized carbons (Fsp3) is 0. The highest BCUT2D eigenvalue weighted by Gasteiger charge is 2.03. The van der Waals surface area contributed by atoms with Gasteiger partial charge in [-0.05, 0) is 18.2 Å². The zero-order valence-corrected chi connectivity index (χ0v) is 9.35. The summed E-state index contributed by atoms with van der Waals surface area (Å²) in [6, 6.07) is 7.96. The second-order valence-electron chi connectivity index (χ2n) is 3.24. The third kappa shape index (κ3) is 2.92. The Labute approximate surface area is 102 Å². The van der Waals surface area contributed by atoms with E-state index in [2.05, 4.69) is 15.3 Å². The highest BCUT2D eigenvalue weighted by molar-refractivity contribution is 6.29. The van der Waals surface area contributed by atoms with Gasteiger partial charge in [-0.15, -0.1) is 0 Å². The lowest BCUT2D eigenvalue weighted by Gasteiger charge is -2.05. The van der Waals surface area contributed by atoms with Gasteiger partial charge < -0.3 is 10.4 Å². The summed E-state index contributed by atoms with van der Waals surface area (Å²) in [5.74, 6) is -0.470. The molecule has 17 heavy (non-hydrogen) atoms. The van der Waals surface area contributed by atoms with Crippen molar-refractivity contribution in [1.29, 1.82) is 0 Å². The number of aromatic carboxylic acids is 1. The number of nitrogens with one attached hydrogen (secondary N) is 1. The molecule has 0 atom stereocenters. The Morgan fingerprint density at radius 1 is 1.29 bits per heavy atom. The molecule has 1 heterocycles. The van der Waals surface area contributed by atoms with Crippen LogP contribution in [0.25, 0.3) is 0 Å². The lowest BCUT2D eigenvalue weighted by Crippen LogP contribution is -1.98. The molecule has 0 saturated heterocycles. The lowest BCUT2D eigenvalue weighted by atomic mass is 10.2. The molecule has 0 aliphatic rings. The number of aromatic nitrogens is 2. The quantitative estimate of drug-likeness (QED) is 0.818. The summed E-state index contributed by atoms with van der Waals surface area (Å²) < 4.78 is 0. The van der Waals surface area contributed by atoms with Gasteiger partial charge in [-0.2, -0.15) is 0 Å². The maximum Gasteiger partial charge on any atom is 0.335 e. The van der Waals surface area contributed by atoms with E-state index in [0.717, 1.165) is 0 Å². The highest BCUT2D eigenvalue weighted by Crippen LogP contribution is 2.17. The molecular formula is C11H8ClN3O2. The first kappa shape index (κ1) is 11.3. The minimum Gasteiger partial charge on any atom is -0.478 e. The second kappa shape index (κ2) is 4.80. The van der Waals surface area contributed by atoms with Crippen molar-refractivity contribution < 1.29 is 9.90 Å². The molecule has 0 radical (unpaired) electrons. The number of anilines is 2. The Morgan fingerprint density at radius 3 is 2.82 bits per heavy atom. The van der Waals surface area contributed by atoms with Crippen LogP contribution in [0.4, 0.5) is 11.5 Å². The third-order valence-corrected chi connectivity index (χ3v) is 2.22. The topological polar surface area (TPSA) is 75.1 Å². The predicted octanol–water partition coefficient (Wildman–Crippen LogP) is 2.57. The van der Waals surface area contributed by atoms with Crippen molar-refractivity contribution in [2.45, 2.75) is 0 Å². The number of carbonyl (C=O) groups is 1. The van der Waals surface area contributed by atoms with Crippen LogP contribution in [-0.2, 0) is 0 Å². The molecule has 6 heteroatoms. The van der Waals surface area contributed by atoms with Gasteiger partial charge in [0.1, 0.15) is 17.3 Å². The molecule has 86 valence electrons. The van der Waals surface area contributed by atoms with Gasteiger partial charge in [0.2, 0.25) is 0 Å². The third-order valence-electron chi connectivity index (χ3n) is 2.02. The molecule has 0 saturated carbocycles. The molecule has 2 aromatic rings. The molecule has 2 rings (SSSR count). The number of carboxylic acids is 1. The van der Waals surface area contributed by atoms with Gasteiger partial charge in [-0.25, -0.2) is 14.8 Å². The number of nitrogens with zero attached hydrogens (tertiary/aromatic N) is 2. The maximum atomic E-state index is 10.8. The van der Waals surface area contributed by atoms with E-state index in [4.69, 9.17) is 16.7 Å². The summed E-state index contributed by atoms with van der Waals surface area (Å²) in [5, 5.41) is 12.1. The number of rotatable bonds is 3. The summed E-state index contributed by atoms with van der Waals surface area (Å²) in [4.78, 5) is 18.5. The van der Waals surface area contributed by atoms with Gasteiger partial charge in [0.15, 0.2) is 0 Å². The maximum absolute atomic E-state index is 10.8. The van der Waals surface area contributed by atoms with Gasteiger partial charge >= 0.3 is 5.97 Å². The SMILES string of the molecule is O=C(O)c1cccc(Nc2cc(Cl)ncn2)c1. The van der Waals surface area contributed by atoms with Gasteiger partial charge in [0, 0.05) is 11.8 Å². The van der Waals surface area contributed by atoms with E-state index >= 15 is 0 Å². The van der Waals surface area contributed by atoms with Crippen LogP contribution in [0.2, 0.25) is 5.15 Å². The minimum absolute atomic E-state index is 0.204. The normalized spacial score (nSPS) is 9.94. The van der Waals surface area contributed by atoms with E-state index in [1.807, 2.05) is 0 Å². The van der Waals surface area contributed by atoms with Crippen LogP contribution >= 0.6 is 11.6 Å². The highest BCUT2D eigenvalue weighted by atomic mass is 35.5. The van der Waals surface area contributed by atoms with Crippen LogP contribution in [0.3, 0.4) is 0 Å². The number of hydrogen-bond donors (Lipinski definition) is 2. The molecule has 2 N–H and O–H groups in total. The second-order valence-corrected chi connectivity index (χ2v) is 3.62. The summed E-state index contributed by atoms with van der Waals surface area (Å²) in [6.45, 7) is 0. The van der Waals surface area contributed by atoms with E-state index in [0.29, 0.717) is 16.7 Å². The van der Waals surface area contributed by atoms with Crippen molar-refractivity contribution in [3.05, 3.63) is 47.4 Å². The van der Waals surface area contributed by atoms with Crippen molar-refractivity contribution in [3.63, 3.8) is 0 Å². The van der Waals surface area contributed by atoms with Gasteiger partial charge in [-0.3, -0.25) is 0 Å². The monoisotopic (exact) mass is 249 g/mol. The first-order valence-corrected chi connectivity index (χ1v) is 5.11. The molecule has 0 spiro atoms. The molecule has 0 amide bonds. The largest absolute Gasteiger partial charge is 0.478 e. The Hall–Kier alpha value is -2.14. The standard InChI is InChI=1S/C11H8ClN3O2/c12-9-5-10(14-6-13-9)15-8-3-1-2-7(4-8)11(16)17/h1-6H,(H,16,17)(H,13,14,15). The number of benzene rings is 1.